The van der Waals surface area contributed by atoms with Crippen molar-refractivity contribution in [3.63, 3.8) is 0 Å². The highest BCUT2D eigenvalue weighted by Crippen LogP contribution is 2.27. The molecule has 21 heavy (non-hydrogen) atoms. The van der Waals surface area contributed by atoms with Crippen molar-refractivity contribution >= 4 is 17.7 Å². The van der Waals surface area contributed by atoms with Gasteiger partial charge in [-0.3, -0.25) is 0 Å². The first-order valence-corrected chi connectivity index (χ1v) is 7.40. The molecule has 1 atom stereocenters. The summed E-state index contributed by atoms with van der Waals surface area (Å²) in [5.74, 6) is 2.47. The van der Waals surface area contributed by atoms with Gasteiger partial charge in [0.1, 0.15) is 17.5 Å². The van der Waals surface area contributed by atoms with E-state index in [-0.39, 0.29) is 18.0 Å². The predicted octanol–water partition coefficient (Wildman–Crippen LogP) is 0.704. The molecule has 3 N–H and O–H groups in total. The highest BCUT2D eigenvalue weighted by atomic mass is 16.2. The van der Waals surface area contributed by atoms with Crippen LogP contribution < -0.4 is 16.0 Å². The number of nitrogens with two attached hydrogens (primary N) is 1. The van der Waals surface area contributed by atoms with Crippen LogP contribution in [-0.4, -0.2) is 53.1 Å². The number of carbonyl (C=O) groups excluding carboxylic acids is 1. The third-order valence-electron chi connectivity index (χ3n) is 4.22. The highest BCUT2D eigenvalue weighted by molar-refractivity contribution is 5.77. The summed E-state index contributed by atoms with van der Waals surface area (Å²) in [5.41, 5.74) is 6.96. The first kappa shape index (κ1) is 13.9. The molecule has 0 radical (unpaired) electrons. The van der Waals surface area contributed by atoms with Gasteiger partial charge in [0.25, 0.3) is 0 Å². The summed E-state index contributed by atoms with van der Waals surface area (Å²) in [6, 6.07) is 0.255. The van der Waals surface area contributed by atoms with Gasteiger partial charge in [-0.25, -0.2) is 14.8 Å². The van der Waals surface area contributed by atoms with Crippen molar-refractivity contribution in [1.29, 1.82) is 0 Å². The number of anilines is 2. The van der Waals surface area contributed by atoms with Crippen LogP contribution in [0, 0.1) is 6.92 Å². The fraction of sp³-hybridized carbons (Fsp3) is 0.643. The minimum atomic E-state index is 0.0430. The second-order valence-corrected chi connectivity index (χ2v) is 6.05. The Kier molecular flexibility index (Phi) is 3.35. The molecule has 1 aromatic rings. The number of aromatic nitrogens is 2. The zero-order valence-corrected chi connectivity index (χ0v) is 12.8. The number of urea groups is 1. The Morgan fingerprint density at radius 3 is 2.81 bits per heavy atom. The number of hydrogen-bond acceptors (Lipinski definition) is 5. The van der Waals surface area contributed by atoms with E-state index >= 15 is 0 Å². The third kappa shape index (κ3) is 2.36. The lowest BCUT2D eigenvalue weighted by molar-refractivity contribution is 0.197. The number of nitrogens with one attached hydrogen (secondary N) is 1. The molecule has 0 saturated carbocycles. The maximum atomic E-state index is 11.7. The number of amides is 2. The third-order valence-corrected chi connectivity index (χ3v) is 4.22. The normalized spacial score (nSPS) is 21.7. The number of piperazine rings is 1. The van der Waals surface area contributed by atoms with Gasteiger partial charge in [0.05, 0.1) is 6.04 Å². The van der Waals surface area contributed by atoms with Crippen molar-refractivity contribution in [3.05, 3.63) is 11.4 Å². The first-order chi connectivity index (χ1) is 9.97. The topological polar surface area (TPSA) is 87.4 Å². The van der Waals surface area contributed by atoms with Gasteiger partial charge < -0.3 is 20.9 Å². The summed E-state index contributed by atoms with van der Waals surface area (Å²) in [6.07, 6.45) is 0. The Hall–Kier alpha value is -2.05. The van der Waals surface area contributed by atoms with Gasteiger partial charge in [-0.05, 0) is 6.92 Å². The molecule has 0 bridgehead atoms. The molecule has 2 aliphatic rings. The van der Waals surface area contributed by atoms with E-state index in [2.05, 4.69) is 29.0 Å². The number of rotatable bonds is 2. The van der Waals surface area contributed by atoms with Crippen molar-refractivity contribution in [2.75, 3.05) is 36.8 Å². The van der Waals surface area contributed by atoms with E-state index < -0.39 is 0 Å². The Bertz CT molecular complexity index is 573. The zero-order valence-electron chi connectivity index (χ0n) is 12.8. The van der Waals surface area contributed by atoms with Crippen LogP contribution in [0.4, 0.5) is 16.4 Å². The minimum absolute atomic E-state index is 0.0430. The maximum absolute atomic E-state index is 11.7. The van der Waals surface area contributed by atoms with Crippen molar-refractivity contribution in [2.45, 2.75) is 32.7 Å². The van der Waals surface area contributed by atoms with Crippen LogP contribution in [0.5, 0.6) is 0 Å². The maximum Gasteiger partial charge on any atom is 0.317 e. The molecule has 2 aliphatic heterocycles. The molecular weight excluding hydrogens is 268 g/mol. The minimum Gasteiger partial charge on any atom is -0.383 e. The molecule has 1 aromatic heterocycles. The molecule has 114 valence electrons. The summed E-state index contributed by atoms with van der Waals surface area (Å²) < 4.78 is 0. The molecule has 3 heterocycles. The number of nitrogens with zero attached hydrogens (tertiary/aromatic N) is 4. The molecule has 2 fully saturated rings. The summed E-state index contributed by atoms with van der Waals surface area (Å²) in [4.78, 5) is 24.9. The standard InChI is InChI=1S/C14H22N6O/c1-8(2)12-17-11(15)9(3)13(18-12)19-4-5-20-10(7-19)6-16-14(20)21/h8,10H,4-7H2,1-3H3,(H,16,21)(H2,15,17,18). The van der Waals surface area contributed by atoms with Gasteiger partial charge in [-0.1, -0.05) is 13.8 Å². The molecule has 1 unspecified atom stereocenters. The van der Waals surface area contributed by atoms with Gasteiger partial charge in [0.15, 0.2) is 0 Å². The summed E-state index contributed by atoms with van der Waals surface area (Å²) in [6.45, 7) is 9.06. The van der Waals surface area contributed by atoms with Crippen molar-refractivity contribution in [2.24, 2.45) is 0 Å². The SMILES string of the molecule is Cc1c(N)nc(C(C)C)nc1N1CCN2C(=O)NCC2C1. The fourth-order valence-electron chi connectivity index (χ4n) is 2.90. The van der Waals surface area contributed by atoms with E-state index in [1.807, 2.05) is 11.8 Å². The van der Waals surface area contributed by atoms with Crippen LogP contribution in [0.15, 0.2) is 0 Å². The van der Waals surface area contributed by atoms with Crippen LogP contribution in [-0.2, 0) is 0 Å². The molecule has 7 nitrogen and oxygen atoms in total. The Morgan fingerprint density at radius 1 is 1.33 bits per heavy atom. The number of carbonyl (C=O) groups is 1. The Morgan fingerprint density at radius 2 is 2.10 bits per heavy atom. The van der Waals surface area contributed by atoms with Crippen LogP contribution in [0.1, 0.15) is 31.2 Å². The van der Waals surface area contributed by atoms with E-state index in [4.69, 9.17) is 10.7 Å². The summed E-state index contributed by atoms with van der Waals surface area (Å²) >= 11 is 0. The monoisotopic (exact) mass is 290 g/mol. The molecular formula is C14H22N6O. The Balaban J connectivity index is 1.89. The lowest BCUT2D eigenvalue weighted by Crippen LogP contribution is -2.52. The molecule has 7 heteroatoms. The molecule has 3 rings (SSSR count). The van der Waals surface area contributed by atoms with Crippen molar-refractivity contribution in [1.82, 2.24) is 20.2 Å². The zero-order chi connectivity index (χ0) is 15.1. The molecule has 0 spiro atoms. The second kappa shape index (κ2) is 5.05. The lowest BCUT2D eigenvalue weighted by Gasteiger charge is -2.37. The van der Waals surface area contributed by atoms with Gasteiger partial charge in [0.2, 0.25) is 0 Å². The van der Waals surface area contributed by atoms with Gasteiger partial charge in [0, 0.05) is 37.7 Å². The van der Waals surface area contributed by atoms with Crippen LogP contribution in [0.3, 0.4) is 0 Å². The van der Waals surface area contributed by atoms with Gasteiger partial charge in [-0.15, -0.1) is 0 Å². The Labute approximate surface area is 124 Å². The smallest absolute Gasteiger partial charge is 0.317 e. The largest absolute Gasteiger partial charge is 0.383 e. The van der Waals surface area contributed by atoms with Gasteiger partial charge >= 0.3 is 6.03 Å². The predicted molar refractivity (Wildman–Crippen MR) is 81.4 cm³/mol. The van der Waals surface area contributed by atoms with E-state index in [1.165, 1.54) is 0 Å². The van der Waals surface area contributed by atoms with Crippen LogP contribution in [0.2, 0.25) is 0 Å². The summed E-state index contributed by atoms with van der Waals surface area (Å²) in [5, 5.41) is 2.89. The number of hydrogen-bond donors (Lipinski definition) is 2. The highest BCUT2D eigenvalue weighted by Gasteiger charge is 2.36. The second-order valence-electron chi connectivity index (χ2n) is 6.05. The molecule has 0 aliphatic carbocycles. The van der Waals surface area contributed by atoms with Crippen molar-refractivity contribution in [3.8, 4) is 0 Å². The average Bonchev–Trinajstić information content (AvgIpc) is 2.82. The molecule has 2 saturated heterocycles. The quantitative estimate of drug-likeness (QED) is 0.837. The number of nitrogen functional groups attached to an aromatic ring is 1. The van der Waals surface area contributed by atoms with Gasteiger partial charge in [-0.2, -0.15) is 0 Å². The fourth-order valence-corrected chi connectivity index (χ4v) is 2.90. The lowest BCUT2D eigenvalue weighted by atomic mass is 10.1. The van der Waals surface area contributed by atoms with E-state index in [9.17, 15) is 4.79 Å². The molecule has 0 aromatic carbocycles. The number of fused-ring (bicyclic) bond motifs is 1. The average molecular weight is 290 g/mol. The first-order valence-electron chi connectivity index (χ1n) is 7.40. The van der Waals surface area contributed by atoms with Crippen molar-refractivity contribution < 1.29 is 4.79 Å². The van der Waals surface area contributed by atoms with E-state index in [0.29, 0.717) is 12.4 Å². The van der Waals surface area contributed by atoms with E-state index in [0.717, 1.165) is 36.8 Å². The molecule has 2 amide bonds. The summed E-state index contributed by atoms with van der Waals surface area (Å²) in [7, 11) is 0. The van der Waals surface area contributed by atoms with Crippen LogP contribution >= 0.6 is 0 Å². The van der Waals surface area contributed by atoms with Crippen LogP contribution in [0.25, 0.3) is 0 Å². The van der Waals surface area contributed by atoms with E-state index in [1.54, 1.807) is 0 Å².